The van der Waals surface area contributed by atoms with Crippen LogP contribution < -0.4 is 4.74 Å². The van der Waals surface area contributed by atoms with Crippen LogP contribution in [0.4, 0.5) is 0 Å². The Kier molecular flexibility index (Phi) is 4.10. The number of hydrogen-bond acceptors (Lipinski definition) is 5. The average Bonchev–Trinajstić information content (AvgIpc) is 3.02. The van der Waals surface area contributed by atoms with Crippen LogP contribution in [0.2, 0.25) is 0 Å². The summed E-state index contributed by atoms with van der Waals surface area (Å²) in [7, 11) is 1.34. The van der Waals surface area contributed by atoms with Crippen molar-refractivity contribution in [2.24, 2.45) is 0 Å². The summed E-state index contributed by atoms with van der Waals surface area (Å²) in [4.78, 5) is 16.0. The maximum absolute atomic E-state index is 11.6. The third-order valence-electron chi connectivity index (χ3n) is 3.26. The van der Waals surface area contributed by atoms with Crippen molar-refractivity contribution in [3.63, 3.8) is 0 Å². The first-order chi connectivity index (χ1) is 11.2. The summed E-state index contributed by atoms with van der Waals surface area (Å²) < 4.78 is 16.0. The van der Waals surface area contributed by atoms with Crippen LogP contribution in [0.5, 0.6) is 5.75 Å². The summed E-state index contributed by atoms with van der Waals surface area (Å²) in [6.07, 6.45) is 1.68. The highest BCUT2D eigenvalue weighted by atomic mass is 16.5. The molecule has 0 aliphatic heterocycles. The molecule has 1 heterocycles. The minimum Gasteiger partial charge on any atom is -0.490 e. The molecule has 23 heavy (non-hydrogen) atoms. The number of esters is 1. The summed E-state index contributed by atoms with van der Waals surface area (Å²) in [5.41, 5.74) is 2.42. The third-order valence-corrected chi connectivity index (χ3v) is 3.26. The van der Waals surface area contributed by atoms with E-state index in [9.17, 15) is 4.79 Å². The molecule has 0 saturated carbocycles. The second-order valence-corrected chi connectivity index (χ2v) is 4.82. The molecule has 0 amide bonds. The SMILES string of the molecule is C=CCOc1cccc(-c2nc3ccc(C(=O)OC)cc3o2)c1. The van der Waals surface area contributed by atoms with Gasteiger partial charge in [-0.1, -0.05) is 18.7 Å². The zero-order valence-electron chi connectivity index (χ0n) is 12.6. The van der Waals surface area contributed by atoms with Crippen LogP contribution in [0.1, 0.15) is 10.4 Å². The first-order valence-electron chi connectivity index (χ1n) is 7.04. The molecule has 3 rings (SSSR count). The predicted molar refractivity (Wildman–Crippen MR) is 86.5 cm³/mol. The maximum Gasteiger partial charge on any atom is 0.337 e. The first-order valence-corrected chi connectivity index (χ1v) is 7.04. The fraction of sp³-hybridized carbons (Fsp3) is 0.111. The van der Waals surface area contributed by atoms with Gasteiger partial charge in [-0.15, -0.1) is 0 Å². The molecule has 0 atom stereocenters. The Bertz CT molecular complexity index is 866. The number of aromatic nitrogens is 1. The van der Waals surface area contributed by atoms with Crippen molar-refractivity contribution in [1.82, 2.24) is 4.98 Å². The number of benzene rings is 2. The Morgan fingerprint density at radius 2 is 2.17 bits per heavy atom. The molecule has 0 aliphatic rings. The quantitative estimate of drug-likeness (QED) is 0.529. The minimum absolute atomic E-state index is 0.412. The highest BCUT2D eigenvalue weighted by molar-refractivity contribution is 5.93. The highest BCUT2D eigenvalue weighted by Crippen LogP contribution is 2.27. The second-order valence-electron chi connectivity index (χ2n) is 4.82. The van der Waals surface area contributed by atoms with Gasteiger partial charge in [0.15, 0.2) is 5.58 Å². The molecule has 2 aromatic carbocycles. The lowest BCUT2D eigenvalue weighted by atomic mass is 10.2. The van der Waals surface area contributed by atoms with Gasteiger partial charge in [0.05, 0.1) is 12.7 Å². The summed E-state index contributed by atoms with van der Waals surface area (Å²) in [5.74, 6) is 0.760. The van der Waals surface area contributed by atoms with Crippen LogP contribution in [0.25, 0.3) is 22.6 Å². The van der Waals surface area contributed by atoms with Crippen LogP contribution in [-0.2, 0) is 4.74 Å². The van der Waals surface area contributed by atoms with Crippen LogP contribution in [0.3, 0.4) is 0 Å². The predicted octanol–water partition coefficient (Wildman–Crippen LogP) is 3.85. The van der Waals surface area contributed by atoms with Gasteiger partial charge in [-0.25, -0.2) is 9.78 Å². The molecule has 0 radical (unpaired) electrons. The van der Waals surface area contributed by atoms with Gasteiger partial charge < -0.3 is 13.9 Å². The molecule has 3 aromatic rings. The first kappa shape index (κ1) is 14.8. The van der Waals surface area contributed by atoms with E-state index in [-0.39, 0.29) is 0 Å². The van der Waals surface area contributed by atoms with Crippen LogP contribution in [0, 0.1) is 0 Å². The van der Waals surface area contributed by atoms with E-state index in [2.05, 4.69) is 11.6 Å². The van der Waals surface area contributed by atoms with Crippen molar-refractivity contribution in [3.8, 4) is 17.2 Å². The largest absolute Gasteiger partial charge is 0.490 e. The molecule has 5 nitrogen and oxygen atoms in total. The van der Waals surface area contributed by atoms with Gasteiger partial charge in [-0.2, -0.15) is 0 Å². The van der Waals surface area contributed by atoms with Crippen molar-refractivity contribution >= 4 is 17.1 Å². The van der Waals surface area contributed by atoms with Gasteiger partial charge in [0.1, 0.15) is 17.9 Å². The number of hydrogen-bond donors (Lipinski definition) is 0. The van der Waals surface area contributed by atoms with Gasteiger partial charge in [-0.05, 0) is 36.4 Å². The van der Waals surface area contributed by atoms with Crippen LogP contribution >= 0.6 is 0 Å². The normalized spacial score (nSPS) is 10.5. The van der Waals surface area contributed by atoms with Crippen molar-refractivity contribution in [2.45, 2.75) is 0 Å². The van der Waals surface area contributed by atoms with Gasteiger partial charge in [0.25, 0.3) is 0 Å². The third kappa shape index (κ3) is 3.08. The number of carbonyl (C=O) groups is 1. The summed E-state index contributed by atoms with van der Waals surface area (Å²) in [5, 5.41) is 0. The van der Waals surface area contributed by atoms with Crippen molar-refractivity contribution in [1.29, 1.82) is 0 Å². The van der Waals surface area contributed by atoms with Crippen molar-refractivity contribution in [3.05, 3.63) is 60.7 Å². The van der Waals surface area contributed by atoms with E-state index < -0.39 is 5.97 Å². The Morgan fingerprint density at radius 1 is 1.30 bits per heavy atom. The number of oxazole rings is 1. The number of nitrogens with zero attached hydrogens (tertiary/aromatic N) is 1. The molecule has 0 bridgehead atoms. The zero-order chi connectivity index (χ0) is 16.2. The highest BCUT2D eigenvalue weighted by Gasteiger charge is 2.12. The molecule has 0 fully saturated rings. The molecule has 0 N–H and O–H groups in total. The van der Waals surface area contributed by atoms with Crippen molar-refractivity contribution < 1.29 is 18.7 Å². The Labute approximate surface area is 133 Å². The maximum atomic E-state index is 11.6. The van der Waals surface area contributed by atoms with E-state index in [1.165, 1.54) is 7.11 Å². The standard InChI is InChI=1S/C18H15NO4/c1-3-9-22-14-6-4-5-12(10-14)17-19-15-8-7-13(18(20)21-2)11-16(15)23-17/h3-8,10-11H,1,9H2,2H3. The number of carbonyl (C=O) groups excluding carboxylic acids is 1. The second kappa shape index (κ2) is 6.36. The summed E-state index contributed by atoms with van der Waals surface area (Å²) in [6, 6.07) is 12.4. The molecule has 0 aliphatic carbocycles. The topological polar surface area (TPSA) is 61.6 Å². The molecule has 1 aromatic heterocycles. The lowest BCUT2D eigenvalue weighted by molar-refractivity contribution is 0.0601. The number of ether oxygens (including phenoxy) is 2. The van der Waals surface area contributed by atoms with Gasteiger partial charge >= 0.3 is 5.97 Å². The van der Waals surface area contributed by atoms with Crippen molar-refractivity contribution in [2.75, 3.05) is 13.7 Å². The fourth-order valence-corrected chi connectivity index (χ4v) is 2.17. The van der Waals surface area contributed by atoms with Gasteiger partial charge in [-0.3, -0.25) is 0 Å². The van der Waals surface area contributed by atoms with Gasteiger partial charge in [0, 0.05) is 5.56 Å². The lowest BCUT2D eigenvalue weighted by Gasteiger charge is -2.03. The Morgan fingerprint density at radius 3 is 2.96 bits per heavy atom. The summed E-state index contributed by atoms with van der Waals surface area (Å²) in [6.45, 7) is 4.05. The van der Waals surface area contributed by atoms with Gasteiger partial charge in [0.2, 0.25) is 5.89 Å². The van der Waals surface area contributed by atoms with E-state index in [4.69, 9.17) is 13.9 Å². The smallest absolute Gasteiger partial charge is 0.337 e. The Hall–Kier alpha value is -3.08. The average molecular weight is 309 g/mol. The van der Waals surface area contributed by atoms with E-state index in [0.29, 0.717) is 34.9 Å². The van der Waals surface area contributed by atoms with E-state index in [1.807, 2.05) is 24.3 Å². The summed E-state index contributed by atoms with van der Waals surface area (Å²) >= 11 is 0. The minimum atomic E-state index is -0.412. The van der Waals surface area contributed by atoms with Crippen LogP contribution in [-0.4, -0.2) is 24.7 Å². The molecule has 0 saturated heterocycles. The molecule has 0 unspecified atom stereocenters. The number of methoxy groups -OCH3 is 1. The molecule has 0 spiro atoms. The molecular weight excluding hydrogens is 294 g/mol. The van der Waals surface area contributed by atoms with E-state index >= 15 is 0 Å². The number of fused-ring (bicyclic) bond motifs is 1. The van der Waals surface area contributed by atoms with Crippen LogP contribution in [0.15, 0.2) is 59.5 Å². The Balaban J connectivity index is 1.97. The zero-order valence-corrected chi connectivity index (χ0v) is 12.6. The molecular formula is C18H15NO4. The molecule has 5 heteroatoms. The monoisotopic (exact) mass is 309 g/mol. The fourth-order valence-electron chi connectivity index (χ4n) is 2.17. The molecule has 116 valence electrons. The van der Waals surface area contributed by atoms with E-state index in [1.54, 1.807) is 24.3 Å². The number of rotatable bonds is 5. The lowest BCUT2D eigenvalue weighted by Crippen LogP contribution is -2.00. The van der Waals surface area contributed by atoms with E-state index in [0.717, 1.165) is 5.56 Å².